The van der Waals surface area contributed by atoms with E-state index in [-0.39, 0.29) is 11.9 Å². The first-order valence-electron chi connectivity index (χ1n) is 10.3. The minimum absolute atomic E-state index is 0.271. The summed E-state index contributed by atoms with van der Waals surface area (Å²) >= 11 is 0. The second-order valence-corrected chi connectivity index (χ2v) is 7.48. The van der Waals surface area contributed by atoms with Gasteiger partial charge in [0.1, 0.15) is 17.7 Å². The molecule has 0 spiro atoms. The summed E-state index contributed by atoms with van der Waals surface area (Å²) in [6.45, 7) is 12.6. The van der Waals surface area contributed by atoms with Gasteiger partial charge in [-0.25, -0.2) is 4.39 Å². The standard InChI is InChI=1S/C26H33FN2O/c1-7-20-11-12-24(27)15-25(20)19(5)30-26(18(4)28)14-21(8-2)22-9-10-23(16-29-6)17(3)13-22/h8-15,19,29H,2,7,16,28H2,1,3-6H3/b21-14+,26-18-. The molecule has 160 valence electrons. The average Bonchev–Trinajstić information content (AvgIpc) is 2.72. The molecule has 2 aromatic rings. The zero-order chi connectivity index (χ0) is 22.3. The molecule has 0 saturated heterocycles. The van der Waals surface area contributed by atoms with E-state index in [1.165, 1.54) is 23.3 Å². The van der Waals surface area contributed by atoms with Crippen LogP contribution in [0.4, 0.5) is 4.39 Å². The van der Waals surface area contributed by atoms with Crippen LogP contribution in [0.3, 0.4) is 0 Å². The van der Waals surface area contributed by atoms with Gasteiger partial charge in [0.05, 0.1) is 0 Å². The van der Waals surface area contributed by atoms with E-state index in [0.717, 1.165) is 35.2 Å². The largest absolute Gasteiger partial charge is 0.484 e. The van der Waals surface area contributed by atoms with E-state index in [0.29, 0.717) is 11.5 Å². The van der Waals surface area contributed by atoms with E-state index in [9.17, 15) is 4.39 Å². The van der Waals surface area contributed by atoms with Crippen LogP contribution in [0.5, 0.6) is 0 Å². The van der Waals surface area contributed by atoms with Crippen molar-refractivity contribution in [1.29, 1.82) is 0 Å². The minimum atomic E-state index is -0.341. The zero-order valence-corrected chi connectivity index (χ0v) is 18.7. The van der Waals surface area contributed by atoms with Crippen molar-refractivity contribution in [2.75, 3.05) is 7.05 Å². The molecule has 2 rings (SSSR count). The van der Waals surface area contributed by atoms with E-state index < -0.39 is 0 Å². The van der Waals surface area contributed by atoms with Crippen LogP contribution in [0.15, 0.2) is 66.6 Å². The number of aryl methyl sites for hydroxylation is 2. The van der Waals surface area contributed by atoms with Gasteiger partial charge in [0.15, 0.2) is 0 Å². The van der Waals surface area contributed by atoms with Crippen molar-refractivity contribution in [3.8, 4) is 0 Å². The Bertz CT molecular complexity index is 956. The van der Waals surface area contributed by atoms with Crippen molar-refractivity contribution < 1.29 is 9.13 Å². The number of hydrogen-bond acceptors (Lipinski definition) is 3. The summed E-state index contributed by atoms with van der Waals surface area (Å²) in [6.07, 6.45) is 4.15. The maximum atomic E-state index is 13.8. The number of nitrogens with one attached hydrogen (secondary N) is 1. The SMILES string of the molecule is C=C/C(=C\C(OC(C)c1cc(F)ccc1CC)=C(/C)N)c1ccc(CNC)c(C)c1. The average molecular weight is 409 g/mol. The monoisotopic (exact) mass is 408 g/mol. The molecule has 0 heterocycles. The van der Waals surface area contributed by atoms with Gasteiger partial charge >= 0.3 is 0 Å². The van der Waals surface area contributed by atoms with Crippen LogP contribution in [0.1, 0.15) is 54.7 Å². The Morgan fingerprint density at radius 3 is 2.50 bits per heavy atom. The van der Waals surface area contributed by atoms with Crippen LogP contribution in [0.2, 0.25) is 0 Å². The van der Waals surface area contributed by atoms with Gasteiger partial charge in [-0.15, -0.1) is 0 Å². The minimum Gasteiger partial charge on any atom is -0.484 e. The highest BCUT2D eigenvalue weighted by molar-refractivity contribution is 5.76. The number of ether oxygens (including phenoxy) is 1. The van der Waals surface area contributed by atoms with E-state index >= 15 is 0 Å². The summed E-state index contributed by atoms with van der Waals surface area (Å²) in [6, 6.07) is 11.1. The third kappa shape index (κ3) is 5.83. The number of nitrogens with two attached hydrogens (primary N) is 1. The number of halogens is 1. The summed E-state index contributed by atoms with van der Waals surface area (Å²) in [5.74, 6) is 0.285. The highest BCUT2D eigenvalue weighted by atomic mass is 19.1. The fraction of sp³-hybridized carbons (Fsp3) is 0.308. The highest BCUT2D eigenvalue weighted by Gasteiger charge is 2.15. The maximum Gasteiger partial charge on any atom is 0.139 e. The van der Waals surface area contributed by atoms with Crippen LogP contribution in [-0.4, -0.2) is 7.05 Å². The van der Waals surface area contributed by atoms with Gasteiger partial charge in [0.25, 0.3) is 0 Å². The van der Waals surface area contributed by atoms with E-state index in [4.69, 9.17) is 10.5 Å². The molecule has 0 fully saturated rings. The number of rotatable bonds is 9. The second-order valence-electron chi connectivity index (χ2n) is 7.48. The van der Waals surface area contributed by atoms with Crippen LogP contribution < -0.4 is 11.1 Å². The Labute approximate surface area is 180 Å². The molecule has 0 bridgehead atoms. The molecule has 1 atom stereocenters. The molecule has 0 aliphatic carbocycles. The van der Waals surface area contributed by atoms with Crippen LogP contribution >= 0.6 is 0 Å². The third-order valence-electron chi connectivity index (χ3n) is 5.17. The topological polar surface area (TPSA) is 47.3 Å². The Balaban J connectivity index is 2.37. The zero-order valence-electron chi connectivity index (χ0n) is 18.7. The molecular weight excluding hydrogens is 375 g/mol. The molecule has 1 unspecified atom stereocenters. The lowest BCUT2D eigenvalue weighted by atomic mass is 9.98. The first-order chi connectivity index (χ1) is 14.3. The summed E-state index contributed by atoms with van der Waals surface area (Å²) in [7, 11) is 1.94. The van der Waals surface area contributed by atoms with Crippen molar-refractivity contribution in [3.63, 3.8) is 0 Å². The lowest BCUT2D eigenvalue weighted by Crippen LogP contribution is -2.08. The Kier molecular flexibility index (Phi) is 8.43. The van der Waals surface area contributed by atoms with Crippen molar-refractivity contribution in [2.45, 2.75) is 46.8 Å². The Morgan fingerprint density at radius 2 is 1.93 bits per heavy atom. The maximum absolute atomic E-state index is 13.8. The molecule has 0 aliphatic rings. The van der Waals surface area contributed by atoms with E-state index in [2.05, 4.69) is 37.0 Å². The molecule has 0 radical (unpaired) electrons. The van der Waals surface area contributed by atoms with Crippen molar-refractivity contribution >= 4 is 5.57 Å². The summed E-state index contributed by atoms with van der Waals surface area (Å²) < 4.78 is 20.0. The Morgan fingerprint density at radius 1 is 1.23 bits per heavy atom. The van der Waals surface area contributed by atoms with Crippen LogP contribution in [-0.2, 0) is 17.7 Å². The smallest absolute Gasteiger partial charge is 0.139 e. The van der Waals surface area contributed by atoms with Gasteiger partial charge in [0, 0.05) is 12.2 Å². The Hall–Kier alpha value is -2.85. The second kappa shape index (κ2) is 10.8. The van der Waals surface area contributed by atoms with Gasteiger partial charge in [-0.3, -0.25) is 0 Å². The van der Waals surface area contributed by atoms with Crippen molar-refractivity contribution in [1.82, 2.24) is 5.32 Å². The first kappa shape index (κ1) is 23.4. The van der Waals surface area contributed by atoms with E-state index in [1.807, 2.05) is 33.0 Å². The number of hydrogen-bond donors (Lipinski definition) is 2. The quantitative estimate of drug-likeness (QED) is 0.398. The third-order valence-corrected chi connectivity index (χ3v) is 5.17. The molecule has 4 heteroatoms. The normalized spacial score (nSPS) is 13.6. The molecule has 3 nitrogen and oxygen atoms in total. The molecular formula is C26H33FN2O. The summed E-state index contributed by atoms with van der Waals surface area (Å²) in [4.78, 5) is 0. The number of benzene rings is 2. The van der Waals surface area contributed by atoms with Gasteiger partial charge in [-0.2, -0.15) is 0 Å². The molecule has 0 aromatic heterocycles. The van der Waals surface area contributed by atoms with Gasteiger partial charge in [-0.1, -0.05) is 43.8 Å². The van der Waals surface area contributed by atoms with Crippen LogP contribution in [0, 0.1) is 12.7 Å². The fourth-order valence-corrected chi connectivity index (χ4v) is 3.43. The van der Waals surface area contributed by atoms with Crippen LogP contribution in [0.25, 0.3) is 5.57 Å². The van der Waals surface area contributed by atoms with Crippen molar-refractivity contribution in [2.24, 2.45) is 5.73 Å². The molecule has 0 saturated carbocycles. The molecule has 3 N–H and O–H groups in total. The highest BCUT2D eigenvalue weighted by Crippen LogP contribution is 2.28. The molecule has 0 aliphatic heterocycles. The van der Waals surface area contributed by atoms with Gasteiger partial charge in [0.2, 0.25) is 0 Å². The molecule has 2 aromatic carbocycles. The predicted molar refractivity (Wildman–Crippen MR) is 124 cm³/mol. The summed E-state index contributed by atoms with van der Waals surface area (Å²) in [5, 5.41) is 3.18. The lowest BCUT2D eigenvalue weighted by Gasteiger charge is -2.20. The summed E-state index contributed by atoms with van der Waals surface area (Å²) in [5.41, 5.74) is 13.0. The van der Waals surface area contributed by atoms with Crippen molar-refractivity contribution in [3.05, 3.63) is 100 Å². The predicted octanol–water partition coefficient (Wildman–Crippen LogP) is 5.95. The van der Waals surface area contributed by atoms with E-state index in [1.54, 1.807) is 13.0 Å². The molecule has 0 amide bonds. The molecule has 30 heavy (non-hydrogen) atoms. The van der Waals surface area contributed by atoms with Gasteiger partial charge in [-0.05, 0) is 85.8 Å². The lowest BCUT2D eigenvalue weighted by molar-refractivity contribution is 0.139. The fourth-order valence-electron chi connectivity index (χ4n) is 3.43. The van der Waals surface area contributed by atoms with Gasteiger partial charge < -0.3 is 15.8 Å². The number of allylic oxidation sites excluding steroid dienone is 4. The first-order valence-corrected chi connectivity index (χ1v) is 10.3.